The maximum atomic E-state index is 11.4. The maximum Gasteiger partial charge on any atom is 0.325 e. The smallest absolute Gasteiger partial charge is 0.325 e. The lowest BCUT2D eigenvalue weighted by molar-refractivity contribution is -0.151. The molecular weight excluding hydrogens is 196 g/mol. The molecule has 1 heterocycles. The molecule has 0 spiro atoms. The Morgan fingerprint density at radius 3 is 2.60 bits per heavy atom. The number of hydrogen-bond donors (Lipinski definition) is 2. The van der Waals surface area contributed by atoms with Crippen LogP contribution in [-0.2, 0) is 9.59 Å². The summed E-state index contributed by atoms with van der Waals surface area (Å²) < 4.78 is 0. The molecule has 0 saturated carbocycles. The van der Waals surface area contributed by atoms with Crippen molar-refractivity contribution < 1.29 is 14.7 Å². The highest BCUT2D eigenvalue weighted by Crippen LogP contribution is 2.27. The lowest BCUT2D eigenvalue weighted by atomic mass is 10.0. The zero-order valence-electron chi connectivity index (χ0n) is 9.04. The largest absolute Gasteiger partial charge is 0.480 e. The zero-order valence-corrected chi connectivity index (χ0v) is 9.04. The number of hydrogen-bond acceptors (Lipinski definition) is 3. The molecule has 1 saturated heterocycles. The van der Waals surface area contributed by atoms with Crippen molar-refractivity contribution >= 4 is 11.9 Å². The summed E-state index contributed by atoms with van der Waals surface area (Å²) >= 11 is 0. The van der Waals surface area contributed by atoms with Crippen LogP contribution in [0.2, 0.25) is 0 Å². The van der Waals surface area contributed by atoms with Gasteiger partial charge in [0.25, 0.3) is 5.91 Å². The number of hydrazine groups is 1. The molecule has 0 bridgehead atoms. The number of carboxylic acid groups (broad SMARTS) is 1. The Kier molecular flexibility index (Phi) is 3.14. The highest BCUT2D eigenvalue weighted by atomic mass is 16.4. The molecule has 0 unspecified atom stereocenters. The molecule has 1 aliphatic heterocycles. The Morgan fingerprint density at radius 1 is 1.53 bits per heavy atom. The number of nitrogens with one attached hydrogen (secondary N) is 1. The first kappa shape index (κ1) is 11.7. The van der Waals surface area contributed by atoms with Crippen LogP contribution in [0.1, 0.15) is 26.7 Å². The van der Waals surface area contributed by atoms with Gasteiger partial charge in [-0.3, -0.25) is 15.0 Å². The molecule has 1 atom stereocenters. The summed E-state index contributed by atoms with van der Waals surface area (Å²) in [5.41, 5.74) is 1.94. The van der Waals surface area contributed by atoms with E-state index in [0.29, 0.717) is 18.5 Å². The van der Waals surface area contributed by atoms with Crippen molar-refractivity contribution in [2.75, 3.05) is 6.54 Å². The number of carbonyl (C=O) groups excluding carboxylic acids is 1. The van der Waals surface area contributed by atoms with Crippen molar-refractivity contribution in [1.29, 1.82) is 0 Å². The lowest BCUT2D eigenvalue weighted by Crippen LogP contribution is -2.56. The minimum atomic E-state index is -0.995. The molecule has 2 N–H and O–H groups in total. The fraction of sp³-hybridized carbons (Fsp3) is 0.600. The molecule has 1 amide bonds. The molecule has 5 heteroatoms. The fourth-order valence-corrected chi connectivity index (χ4v) is 1.58. The van der Waals surface area contributed by atoms with E-state index in [1.54, 1.807) is 13.8 Å². The number of rotatable bonds is 3. The lowest BCUT2D eigenvalue weighted by Gasteiger charge is -2.31. The van der Waals surface area contributed by atoms with Crippen LogP contribution in [0.4, 0.5) is 0 Å². The van der Waals surface area contributed by atoms with Crippen molar-refractivity contribution in [2.24, 2.45) is 0 Å². The molecule has 0 aromatic rings. The minimum Gasteiger partial charge on any atom is -0.480 e. The van der Waals surface area contributed by atoms with E-state index in [1.807, 2.05) is 0 Å². The summed E-state index contributed by atoms with van der Waals surface area (Å²) in [6, 6.07) is 0. The van der Waals surface area contributed by atoms with Crippen LogP contribution in [0, 0.1) is 0 Å². The van der Waals surface area contributed by atoms with Gasteiger partial charge in [0.2, 0.25) is 0 Å². The fourth-order valence-electron chi connectivity index (χ4n) is 1.58. The van der Waals surface area contributed by atoms with Crippen LogP contribution in [0.3, 0.4) is 0 Å². The van der Waals surface area contributed by atoms with Crippen molar-refractivity contribution in [3.63, 3.8) is 0 Å². The second kappa shape index (κ2) is 4.02. The van der Waals surface area contributed by atoms with E-state index in [0.717, 1.165) is 6.42 Å². The second-order valence-corrected chi connectivity index (χ2v) is 4.06. The first-order valence-corrected chi connectivity index (χ1v) is 4.85. The second-order valence-electron chi connectivity index (χ2n) is 4.06. The topological polar surface area (TPSA) is 69.6 Å². The van der Waals surface area contributed by atoms with Crippen LogP contribution in [0.5, 0.6) is 0 Å². The van der Waals surface area contributed by atoms with Gasteiger partial charge in [-0.2, -0.15) is 0 Å². The van der Waals surface area contributed by atoms with Crippen molar-refractivity contribution in [2.45, 2.75) is 32.2 Å². The minimum absolute atomic E-state index is 0.329. The summed E-state index contributed by atoms with van der Waals surface area (Å²) in [7, 11) is 0. The molecule has 1 rings (SSSR count). The van der Waals surface area contributed by atoms with Crippen molar-refractivity contribution in [3.05, 3.63) is 12.2 Å². The third-order valence-electron chi connectivity index (χ3n) is 2.73. The average molecular weight is 212 g/mol. The Bertz CT molecular complexity index is 314. The quantitative estimate of drug-likeness (QED) is 0.670. The number of amides is 1. The molecule has 15 heavy (non-hydrogen) atoms. The van der Waals surface area contributed by atoms with E-state index >= 15 is 0 Å². The Morgan fingerprint density at radius 2 is 2.13 bits per heavy atom. The Labute approximate surface area is 88.7 Å². The van der Waals surface area contributed by atoms with Gasteiger partial charge in [0.05, 0.1) is 0 Å². The van der Waals surface area contributed by atoms with E-state index < -0.39 is 11.5 Å². The van der Waals surface area contributed by atoms with Crippen molar-refractivity contribution in [3.8, 4) is 0 Å². The Hall–Kier alpha value is -1.36. The third-order valence-corrected chi connectivity index (χ3v) is 2.73. The first-order chi connectivity index (χ1) is 6.88. The monoisotopic (exact) mass is 212 g/mol. The normalized spacial score (nSPS) is 26.3. The summed E-state index contributed by atoms with van der Waals surface area (Å²) in [6.45, 7) is 7.26. The van der Waals surface area contributed by atoms with Crippen LogP contribution in [-0.4, -0.2) is 34.1 Å². The van der Waals surface area contributed by atoms with Gasteiger partial charge in [0.15, 0.2) is 0 Å². The van der Waals surface area contributed by atoms with Gasteiger partial charge < -0.3 is 5.11 Å². The van der Waals surface area contributed by atoms with Gasteiger partial charge in [0, 0.05) is 12.1 Å². The van der Waals surface area contributed by atoms with Gasteiger partial charge in [-0.15, -0.1) is 0 Å². The van der Waals surface area contributed by atoms with Gasteiger partial charge in [-0.25, -0.2) is 5.01 Å². The molecular formula is C10H16N2O3. The van der Waals surface area contributed by atoms with E-state index in [2.05, 4.69) is 12.0 Å². The number of carbonyl (C=O) groups is 2. The standard InChI is InChI=1S/C10H16N2O3/c1-7(2)8(13)11-12-6-4-5-10(12,3)9(14)15/h1,4-6H2,2-3H3,(H,11,13)(H,14,15)/t10-/m1/s1. The molecule has 0 aromatic heterocycles. The van der Waals surface area contributed by atoms with Crippen LogP contribution < -0.4 is 5.43 Å². The number of aliphatic carboxylic acids is 1. The number of carboxylic acids is 1. The molecule has 1 fully saturated rings. The van der Waals surface area contributed by atoms with Crippen LogP contribution in [0.25, 0.3) is 0 Å². The molecule has 0 radical (unpaired) electrons. The summed E-state index contributed by atoms with van der Waals surface area (Å²) in [6.07, 6.45) is 1.30. The predicted octanol–water partition coefficient (Wildman–Crippen LogP) is 0.533. The molecule has 0 aromatic carbocycles. The van der Waals surface area contributed by atoms with E-state index in [9.17, 15) is 9.59 Å². The molecule has 84 valence electrons. The van der Waals surface area contributed by atoms with Gasteiger partial charge in [-0.05, 0) is 26.7 Å². The van der Waals surface area contributed by atoms with Gasteiger partial charge in [0.1, 0.15) is 5.54 Å². The summed E-state index contributed by atoms with van der Waals surface area (Å²) in [4.78, 5) is 22.4. The number of nitrogens with zero attached hydrogens (tertiary/aromatic N) is 1. The average Bonchev–Trinajstić information content (AvgIpc) is 2.49. The van der Waals surface area contributed by atoms with Crippen molar-refractivity contribution in [1.82, 2.24) is 10.4 Å². The third kappa shape index (κ3) is 2.18. The Balaban J connectivity index is 2.74. The van der Waals surface area contributed by atoms with E-state index in [-0.39, 0.29) is 5.91 Å². The highest BCUT2D eigenvalue weighted by molar-refractivity contribution is 5.92. The maximum absolute atomic E-state index is 11.4. The van der Waals surface area contributed by atoms with E-state index in [1.165, 1.54) is 5.01 Å². The molecule has 1 aliphatic rings. The predicted molar refractivity (Wildman–Crippen MR) is 54.9 cm³/mol. The van der Waals surface area contributed by atoms with Gasteiger partial charge in [-0.1, -0.05) is 6.58 Å². The van der Waals surface area contributed by atoms with Gasteiger partial charge >= 0.3 is 5.97 Å². The summed E-state index contributed by atoms with van der Waals surface area (Å²) in [5.74, 6) is -1.24. The van der Waals surface area contributed by atoms with E-state index in [4.69, 9.17) is 5.11 Å². The molecule has 0 aliphatic carbocycles. The first-order valence-electron chi connectivity index (χ1n) is 4.85. The molecule has 5 nitrogen and oxygen atoms in total. The van der Waals surface area contributed by atoms with Crippen LogP contribution >= 0.6 is 0 Å². The SMILES string of the molecule is C=C(C)C(=O)NN1CCC[C@]1(C)C(=O)O. The van der Waals surface area contributed by atoms with Crippen LogP contribution in [0.15, 0.2) is 12.2 Å². The summed E-state index contributed by atoms with van der Waals surface area (Å²) in [5, 5.41) is 10.6. The zero-order chi connectivity index (χ0) is 11.6. The highest BCUT2D eigenvalue weighted by Gasteiger charge is 2.44.